The first-order chi connectivity index (χ1) is 7.45. The lowest BCUT2D eigenvalue weighted by Crippen LogP contribution is -2.09. The van der Waals surface area contributed by atoms with Gasteiger partial charge in [-0.3, -0.25) is 4.79 Å². The van der Waals surface area contributed by atoms with Crippen LogP contribution in [0.25, 0.3) is 0 Å². The molecule has 1 heterocycles. The molecule has 0 aliphatic heterocycles. The van der Waals surface area contributed by atoms with E-state index in [9.17, 15) is 19.7 Å². The summed E-state index contributed by atoms with van der Waals surface area (Å²) in [4.78, 5) is 31.1. The Morgan fingerprint density at radius 1 is 1.69 bits per heavy atom. The Balaban J connectivity index is 3.14. The van der Waals surface area contributed by atoms with Crippen LogP contribution in [0.1, 0.15) is 10.4 Å². The van der Waals surface area contributed by atoms with Crippen molar-refractivity contribution in [3.63, 3.8) is 0 Å². The first kappa shape index (κ1) is 11.6. The lowest BCUT2D eigenvalue weighted by Gasteiger charge is -1.93. The van der Waals surface area contributed by atoms with Gasteiger partial charge in [0.2, 0.25) is 0 Å². The molecule has 0 saturated carbocycles. The molecule has 1 rings (SSSR count). The predicted octanol–water partition coefficient (Wildman–Crippen LogP) is -0.337. The van der Waals surface area contributed by atoms with Crippen molar-refractivity contribution in [2.24, 2.45) is 0 Å². The van der Waals surface area contributed by atoms with Gasteiger partial charge in [-0.1, -0.05) is 0 Å². The third-order valence-corrected chi connectivity index (χ3v) is 1.62. The van der Waals surface area contributed by atoms with Crippen LogP contribution in [0, 0.1) is 10.1 Å². The fraction of sp³-hybridized carbons (Fsp3) is 0.286. The highest BCUT2D eigenvalue weighted by atomic mass is 16.6. The molecular weight excluding hydrogens is 222 g/mol. The van der Waals surface area contributed by atoms with E-state index >= 15 is 0 Å². The lowest BCUT2D eigenvalue weighted by molar-refractivity contribution is -0.390. The number of carboxylic acids is 1. The number of aromatic nitrogens is 2. The van der Waals surface area contributed by atoms with Crippen LogP contribution in [-0.4, -0.2) is 38.9 Å². The highest BCUT2D eigenvalue weighted by molar-refractivity contribution is 5.92. The number of carbonyl (C=O) groups is 2. The maximum absolute atomic E-state index is 11.1. The number of hydrogen-bond acceptors (Lipinski definition) is 6. The molecule has 0 amide bonds. The molecule has 9 nitrogen and oxygen atoms in total. The van der Waals surface area contributed by atoms with Crippen molar-refractivity contribution < 1.29 is 24.4 Å². The Hall–Kier alpha value is -2.45. The first-order valence-electron chi connectivity index (χ1n) is 3.97. The van der Waals surface area contributed by atoms with E-state index in [0.717, 1.165) is 18.0 Å². The number of methoxy groups -OCH3 is 1. The largest absolute Gasteiger partial charge is 0.480 e. The second-order valence-electron chi connectivity index (χ2n) is 2.71. The molecule has 16 heavy (non-hydrogen) atoms. The van der Waals surface area contributed by atoms with E-state index in [1.165, 1.54) is 0 Å². The third kappa shape index (κ3) is 2.32. The van der Waals surface area contributed by atoms with Gasteiger partial charge in [-0.25, -0.2) is 4.79 Å². The van der Waals surface area contributed by atoms with Crippen molar-refractivity contribution in [1.29, 1.82) is 0 Å². The number of aliphatic carboxylic acids is 1. The van der Waals surface area contributed by atoms with Crippen LogP contribution in [-0.2, 0) is 16.1 Å². The number of carboxylic acid groups (broad SMARTS) is 1. The van der Waals surface area contributed by atoms with Gasteiger partial charge in [0, 0.05) is 0 Å². The molecule has 1 N–H and O–H groups in total. The van der Waals surface area contributed by atoms with Gasteiger partial charge < -0.3 is 20.0 Å². The van der Waals surface area contributed by atoms with E-state index in [1.54, 1.807) is 0 Å². The van der Waals surface area contributed by atoms with Gasteiger partial charge in [0.1, 0.15) is 0 Å². The zero-order chi connectivity index (χ0) is 12.3. The Labute approximate surface area is 88.4 Å². The van der Waals surface area contributed by atoms with Crippen molar-refractivity contribution in [2.75, 3.05) is 7.11 Å². The normalized spacial score (nSPS) is 9.81. The number of esters is 1. The second kappa shape index (κ2) is 4.38. The van der Waals surface area contributed by atoms with Gasteiger partial charge in [-0.2, -0.15) is 4.68 Å². The van der Waals surface area contributed by atoms with E-state index in [0.29, 0.717) is 0 Å². The molecule has 0 aromatic carbocycles. The summed E-state index contributed by atoms with van der Waals surface area (Å²) >= 11 is 0. The van der Waals surface area contributed by atoms with Crippen LogP contribution in [0.15, 0.2) is 6.20 Å². The second-order valence-corrected chi connectivity index (χ2v) is 2.71. The van der Waals surface area contributed by atoms with Crippen LogP contribution in [0.3, 0.4) is 0 Å². The van der Waals surface area contributed by atoms with Gasteiger partial charge >= 0.3 is 17.8 Å². The van der Waals surface area contributed by atoms with Crippen LogP contribution in [0.2, 0.25) is 0 Å². The van der Waals surface area contributed by atoms with E-state index in [-0.39, 0.29) is 5.56 Å². The van der Waals surface area contributed by atoms with Crippen LogP contribution >= 0.6 is 0 Å². The Morgan fingerprint density at radius 3 is 2.75 bits per heavy atom. The minimum atomic E-state index is -1.23. The summed E-state index contributed by atoms with van der Waals surface area (Å²) in [7, 11) is 1.06. The minimum absolute atomic E-state index is 0.381. The fourth-order valence-electron chi connectivity index (χ4n) is 1.02. The summed E-state index contributed by atoms with van der Waals surface area (Å²) < 4.78 is 5.09. The minimum Gasteiger partial charge on any atom is -0.480 e. The summed E-state index contributed by atoms with van der Waals surface area (Å²) in [5, 5.41) is 22.3. The zero-order valence-corrected chi connectivity index (χ0v) is 8.11. The summed E-state index contributed by atoms with van der Waals surface area (Å²) in [5.74, 6) is -2.90. The predicted molar refractivity (Wildman–Crippen MR) is 47.9 cm³/mol. The van der Waals surface area contributed by atoms with E-state index in [1.807, 2.05) is 0 Å². The van der Waals surface area contributed by atoms with Crippen molar-refractivity contribution in [3.05, 3.63) is 21.9 Å². The van der Waals surface area contributed by atoms with E-state index < -0.39 is 29.2 Å². The number of rotatable bonds is 4. The van der Waals surface area contributed by atoms with Crippen molar-refractivity contribution in [2.45, 2.75) is 6.54 Å². The first-order valence-corrected chi connectivity index (χ1v) is 3.97. The van der Waals surface area contributed by atoms with Gasteiger partial charge in [-0.15, -0.1) is 0 Å². The maximum Gasteiger partial charge on any atom is 0.404 e. The van der Waals surface area contributed by atoms with Crippen molar-refractivity contribution >= 4 is 17.8 Å². The quantitative estimate of drug-likeness (QED) is 0.425. The summed E-state index contributed by atoms with van der Waals surface area (Å²) in [6.07, 6.45) is 0.956. The Morgan fingerprint density at radius 2 is 2.31 bits per heavy atom. The average Bonchev–Trinajstić information content (AvgIpc) is 2.59. The highest BCUT2D eigenvalue weighted by Crippen LogP contribution is 2.16. The van der Waals surface area contributed by atoms with Gasteiger partial charge in [0.05, 0.1) is 18.4 Å². The monoisotopic (exact) mass is 229 g/mol. The zero-order valence-electron chi connectivity index (χ0n) is 8.11. The van der Waals surface area contributed by atoms with Gasteiger partial charge in [0.15, 0.2) is 12.1 Å². The van der Waals surface area contributed by atoms with Gasteiger partial charge in [-0.05, 0) is 4.92 Å². The van der Waals surface area contributed by atoms with Crippen LogP contribution in [0.5, 0.6) is 0 Å². The summed E-state index contributed by atoms with van der Waals surface area (Å²) in [6, 6.07) is 0. The molecule has 9 heteroatoms. The van der Waals surface area contributed by atoms with Crippen molar-refractivity contribution in [1.82, 2.24) is 9.78 Å². The molecule has 0 radical (unpaired) electrons. The number of nitro groups is 1. The third-order valence-electron chi connectivity index (χ3n) is 1.62. The Kier molecular flexibility index (Phi) is 3.18. The average molecular weight is 229 g/mol. The molecule has 0 spiro atoms. The number of hydrogen-bond donors (Lipinski definition) is 1. The molecule has 0 aliphatic carbocycles. The summed E-state index contributed by atoms with van der Waals surface area (Å²) in [5.41, 5.74) is -0.381. The van der Waals surface area contributed by atoms with Crippen molar-refractivity contribution in [3.8, 4) is 0 Å². The standard InChI is InChI=1S/C7H7N3O6/c1-16-7(13)4-2-9(3-5(11)12)8-6(4)10(14)15/h2H,3H2,1H3,(H,11,12). The molecule has 0 saturated heterocycles. The summed E-state index contributed by atoms with van der Waals surface area (Å²) in [6.45, 7) is -0.572. The molecule has 0 unspecified atom stereocenters. The van der Waals surface area contributed by atoms with Gasteiger partial charge in [0.25, 0.3) is 0 Å². The number of ether oxygens (including phenoxy) is 1. The molecule has 1 aromatic heterocycles. The molecule has 0 bridgehead atoms. The SMILES string of the molecule is COC(=O)c1cn(CC(=O)O)nc1[N+](=O)[O-]. The van der Waals surface area contributed by atoms with Crippen LogP contribution in [0.4, 0.5) is 5.82 Å². The van der Waals surface area contributed by atoms with Crippen LogP contribution < -0.4 is 0 Å². The maximum atomic E-state index is 11.1. The Bertz CT molecular complexity index is 451. The highest BCUT2D eigenvalue weighted by Gasteiger charge is 2.27. The molecule has 1 aromatic rings. The molecule has 0 fully saturated rings. The molecule has 0 aliphatic rings. The molecule has 86 valence electrons. The van der Waals surface area contributed by atoms with E-state index in [4.69, 9.17) is 5.11 Å². The smallest absolute Gasteiger partial charge is 0.404 e. The molecule has 0 atom stereocenters. The van der Waals surface area contributed by atoms with E-state index in [2.05, 4.69) is 9.84 Å². The number of carbonyl (C=O) groups excluding carboxylic acids is 1. The molecular formula is C7H7N3O6. The fourth-order valence-corrected chi connectivity index (χ4v) is 1.02. The number of nitrogens with zero attached hydrogens (tertiary/aromatic N) is 3. The lowest BCUT2D eigenvalue weighted by atomic mass is 10.3. The topological polar surface area (TPSA) is 125 Å².